The van der Waals surface area contributed by atoms with E-state index in [1.165, 1.54) is 4.90 Å². The number of hydrogen-bond donors (Lipinski definition) is 1. The number of alkyl halides is 3. The van der Waals surface area contributed by atoms with Crippen LogP contribution in [0.5, 0.6) is 0 Å². The van der Waals surface area contributed by atoms with Gasteiger partial charge >= 0.3 is 6.18 Å². The zero-order chi connectivity index (χ0) is 16.9. The highest BCUT2D eigenvalue weighted by Crippen LogP contribution is 2.22. The average Bonchev–Trinajstić information content (AvgIpc) is 2.88. The molecule has 2 fully saturated rings. The molecule has 8 heteroatoms. The molecule has 0 aromatic heterocycles. The molecule has 23 heavy (non-hydrogen) atoms. The van der Waals surface area contributed by atoms with Crippen molar-refractivity contribution in [3.63, 3.8) is 0 Å². The highest BCUT2D eigenvalue weighted by molar-refractivity contribution is 5.79. The molecule has 2 aliphatic heterocycles. The Bertz CT molecular complexity index is 421. The molecule has 5 nitrogen and oxygen atoms in total. The Morgan fingerprint density at radius 1 is 1.22 bits per heavy atom. The molecule has 2 amide bonds. The summed E-state index contributed by atoms with van der Waals surface area (Å²) in [5.41, 5.74) is 0. The van der Waals surface area contributed by atoms with Gasteiger partial charge in [0.05, 0.1) is 6.54 Å². The molecule has 0 spiro atoms. The number of piperidine rings is 1. The van der Waals surface area contributed by atoms with E-state index in [-0.39, 0.29) is 17.7 Å². The van der Waals surface area contributed by atoms with Crippen LogP contribution in [0.2, 0.25) is 0 Å². The first-order valence-corrected chi connectivity index (χ1v) is 8.20. The van der Waals surface area contributed by atoms with Crippen LogP contribution < -0.4 is 5.32 Å². The van der Waals surface area contributed by atoms with Crippen molar-refractivity contribution in [1.82, 2.24) is 15.1 Å². The number of halogens is 3. The fourth-order valence-corrected chi connectivity index (χ4v) is 3.17. The SMILES string of the molecule is O=C(NCCCN1CCCC1=O)C1CCN(CC(F)(F)F)CC1. The molecule has 0 aromatic carbocycles. The van der Waals surface area contributed by atoms with E-state index in [1.807, 2.05) is 4.90 Å². The molecule has 2 saturated heterocycles. The summed E-state index contributed by atoms with van der Waals surface area (Å²) in [6.45, 7) is 1.67. The van der Waals surface area contributed by atoms with E-state index in [4.69, 9.17) is 0 Å². The van der Waals surface area contributed by atoms with Gasteiger partial charge in [0.25, 0.3) is 0 Å². The van der Waals surface area contributed by atoms with Gasteiger partial charge in [-0.05, 0) is 38.8 Å². The van der Waals surface area contributed by atoms with E-state index in [1.54, 1.807) is 0 Å². The number of nitrogens with zero attached hydrogens (tertiary/aromatic N) is 2. The van der Waals surface area contributed by atoms with Gasteiger partial charge in [0.1, 0.15) is 0 Å². The number of carbonyl (C=O) groups excluding carboxylic acids is 2. The quantitative estimate of drug-likeness (QED) is 0.747. The largest absolute Gasteiger partial charge is 0.401 e. The summed E-state index contributed by atoms with van der Waals surface area (Å²) in [5.74, 6) is -0.106. The predicted octanol–water partition coefficient (Wildman–Crippen LogP) is 1.39. The van der Waals surface area contributed by atoms with Gasteiger partial charge in [0, 0.05) is 32.0 Å². The first-order valence-electron chi connectivity index (χ1n) is 8.20. The van der Waals surface area contributed by atoms with Crippen LogP contribution in [0.4, 0.5) is 13.2 Å². The fraction of sp³-hybridized carbons (Fsp3) is 0.867. The third-order valence-electron chi connectivity index (χ3n) is 4.44. The van der Waals surface area contributed by atoms with Gasteiger partial charge in [-0.15, -0.1) is 0 Å². The molecule has 2 heterocycles. The number of amides is 2. The lowest BCUT2D eigenvalue weighted by Gasteiger charge is -2.31. The monoisotopic (exact) mass is 335 g/mol. The molecule has 0 radical (unpaired) electrons. The van der Waals surface area contributed by atoms with Gasteiger partial charge in [-0.2, -0.15) is 13.2 Å². The highest BCUT2D eigenvalue weighted by atomic mass is 19.4. The molecular formula is C15H24F3N3O2. The molecule has 0 saturated carbocycles. The average molecular weight is 335 g/mol. The van der Waals surface area contributed by atoms with Crippen molar-refractivity contribution in [3.05, 3.63) is 0 Å². The standard InChI is InChI=1S/C15H24F3N3O2/c16-15(17,18)11-20-9-4-12(5-10-20)14(23)19-6-2-8-21-7-1-3-13(21)22/h12H,1-11H2,(H,19,23). The zero-order valence-electron chi connectivity index (χ0n) is 13.2. The molecule has 1 N–H and O–H groups in total. The van der Waals surface area contributed by atoms with Gasteiger partial charge in [-0.3, -0.25) is 14.5 Å². The van der Waals surface area contributed by atoms with Crippen LogP contribution in [0.25, 0.3) is 0 Å². The van der Waals surface area contributed by atoms with E-state index < -0.39 is 12.7 Å². The molecule has 2 rings (SSSR count). The fourth-order valence-electron chi connectivity index (χ4n) is 3.17. The van der Waals surface area contributed by atoms with Gasteiger partial charge in [0.15, 0.2) is 0 Å². The van der Waals surface area contributed by atoms with Crippen molar-refractivity contribution in [2.24, 2.45) is 5.92 Å². The maximum atomic E-state index is 12.3. The zero-order valence-corrected chi connectivity index (χ0v) is 13.2. The third-order valence-corrected chi connectivity index (χ3v) is 4.44. The maximum Gasteiger partial charge on any atom is 0.401 e. The second-order valence-corrected chi connectivity index (χ2v) is 6.29. The number of nitrogens with one attached hydrogen (secondary N) is 1. The lowest BCUT2D eigenvalue weighted by molar-refractivity contribution is -0.149. The Balaban J connectivity index is 1.59. The minimum atomic E-state index is -4.18. The van der Waals surface area contributed by atoms with Crippen LogP contribution in [-0.2, 0) is 9.59 Å². The molecule has 2 aliphatic rings. The van der Waals surface area contributed by atoms with Crippen LogP contribution in [-0.4, -0.2) is 67.1 Å². The Kier molecular flexibility index (Phi) is 6.26. The third kappa shape index (κ3) is 6.01. The molecule has 0 unspecified atom stereocenters. The topological polar surface area (TPSA) is 52.7 Å². The first kappa shape index (κ1) is 18.0. The molecule has 0 atom stereocenters. The normalized spacial score (nSPS) is 21.0. The lowest BCUT2D eigenvalue weighted by Crippen LogP contribution is -2.44. The Labute approximate surface area is 134 Å². The van der Waals surface area contributed by atoms with Crippen molar-refractivity contribution in [1.29, 1.82) is 0 Å². The van der Waals surface area contributed by atoms with E-state index in [2.05, 4.69) is 5.32 Å². The second-order valence-electron chi connectivity index (χ2n) is 6.29. The Morgan fingerprint density at radius 3 is 2.48 bits per heavy atom. The summed E-state index contributed by atoms with van der Waals surface area (Å²) in [6.07, 6.45) is -1.02. The lowest BCUT2D eigenvalue weighted by atomic mass is 9.96. The van der Waals surface area contributed by atoms with Crippen molar-refractivity contribution < 1.29 is 22.8 Å². The summed E-state index contributed by atoms with van der Waals surface area (Å²) < 4.78 is 36.9. The molecule has 0 aliphatic carbocycles. The maximum absolute atomic E-state index is 12.3. The minimum absolute atomic E-state index is 0.0793. The number of carbonyl (C=O) groups is 2. The van der Waals surface area contributed by atoms with Crippen LogP contribution >= 0.6 is 0 Å². The van der Waals surface area contributed by atoms with E-state index in [0.717, 1.165) is 13.0 Å². The Hall–Kier alpha value is -1.31. The summed E-state index contributed by atoms with van der Waals surface area (Å²) >= 11 is 0. The van der Waals surface area contributed by atoms with Crippen molar-refractivity contribution in [3.8, 4) is 0 Å². The highest BCUT2D eigenvalue weighted by Gasteiger charge is 2.33. The van der Waals surface area contributed by atoms with E-state index in [0.29, 0.717) is 51.9 Å². The van der Waals surface area contributed by atoms with Crippen LogP contribution in [0.1, 0.15) is 32.1 Å². The molecule has 132 valence electrons. The number of likely N-dealkylation sites (tertiary alicyclic amines) is 2. The van der Waals surface area contributed by atoms with Gasteiger partial charge in [-0.25, -0.2) is 0 Å². The van der Waals surface area contributed by atoms with Crippen LogP contribution in [0.3, 0.4) is 0 Å². The number of rotatable bonds is 6. The van der Waals surface area contributed by atoms with Gasteiger partial charge in [-0.1, -0.05) is 0 Å². The summed E-state index contributed by atoms with van der Waals surface area (Å²) in [6, 6.07) is 0. The first-order chi connectivity index (χ1) is 10.8. The van der Waals surface area contributed by atoms with Crippen molar-refractivity contribution >= 4 is 11.8 Å². The van der Waals surface area contributed by atoms with Gasteiger partial charge < -0.3 is 10.2 Å². The summed E-state index contributed by atoms with van der Waals surface area (Å²) in [4.78, 5) is 26.6. The number of hydrogen-bond acceptors (Lipinski definition) is 3. The van der Waals surface area contributed by atoms with Crippen molar-refractivity contribution in [2.75, 3.05) is 39.3 Å². The molecule has 0 bridgehead atoms. The molecular weight excluding hydrogens is 311 g/mol. The second kappa shape index (κ2) is 7.99. The van der Waals surface area contributed by atoms with Crippen molar-refractivity contribution in [2.45, 2.75) is 38.3 Å². The summed E-state index contributed by atoms with van der Waals surface area (Å²) in [5, 5.41) is 2.84. The van der Waals surface area contributed by atoms with E-state index in [9.17, 15) is 22.8 Å². The van der Waals surface area contributed by atoms with Crippen LogP contribution in [0, 0.1) is 5.92 Å². The Morgan fingerprint density at radius 2 is 1.91 bits per heavy atom. The minimum Gasteiger partial charge on any atom is -0.356 e. The van der Waals surface area contributed by atoms with E-state index >= 15 is 0 Å². The smallest absolute Gasteiger partial charge is 0.356 e. The predicted molar refractivity (Wildman–Crippen MR) is 78.7 cm³/mol. The summed E-state index contributed by atoms with van der Waals surface area (Å²) in [7, 11) is 0. The molecule has 0 aromatic rings. The van der Waals surface area contributed by atoms with Crippen LogP contribution in [0.15, 0.2) is 0 Å². The van der Waals surface area contributed by atoms with Gasteiger partial charge in [0.2, 0.25) is 11.8 Å².